The number of aliphatic hydroxyl groups is 1. The summed E-state index contributed by atoms with van der Waals surface area (Å²) < 4.78 is 0. The highest BCUT2D eigenvalue weighted by Gasteiger charge is 2.13. The van der Waals surface area contributed by atoms with Crippen LogP contribution in [0.15, 0.2) is 23.8 Å². The zero-order chi connectivity index (χ0) is 9.72. The number of amides is 1. The standard InChI is InChI=1S/C9H11NO2/c1-4-7(8(11)5-2)6(3)9(10)12/h2,4,8,11H,1H2,3H3,(H2,10,12)/p+1/b7-6-. The summed E-state index contributed by atoms with van der Waals surface area (Å²) in [5, 5.41) is 9.19. The van der Waals surface area contributed by atoms with Gasteiger partial charge in [0.2, 0.25) is 0 Å². The molecule has 0 heterocycles. The highest BCUT2D eigenvalue weighted by molar-refractivity contribution is 5.86. The van der Waals surface area contributed by atoms with E-state index in [1.165, 1.54) is 6.08 Å². The zero-order valence-corrected chi connectivity index (χ0v) is 7.00. The predicted molar refractivity (Wildman–Crippen MR) is 45.6 cm³/mol. The minimum Gasteiger partial charge on any atom is -0.376 e. The van der Waals surface area contributed by atoms with E-state index in [0.29, 0.717) is 11.1 Å². The quantitative estimate of drug-likeness (QED) is 0.329. The van der Waals surface area contributed by atoms with Gasteiger partial charge in [-0.15, -0.1) is 6.42 Å². The lowest BCUT2D eigenvalue weighted by Crippen LogP contribution is -2.57. The van der Waals surface area contributed by atoms with Gasteiger partial charge in [-0.1, -0.05) is 18.6 Å². The Kier molecular flexibility index (Phi) is 3.98. The fourth-order valence-electron chi connectivity index (χ4n) is 0.721. The van der Waals surface area contributed by atoms with Crippen molar-refractivity contribution >= 4 is 5.91 Å². The van der Waals surface area contributed by atoms with Crippen molar-refractivity contribution in [2.45, 2.75) is 13.0 Å². The van der Waals surface area contributed by atoms with Crippen LogP contribution >= 0.6 is 0 Å². The van der Waals surface area contributed by atoms with Gasteiger partial charge in [-0.25, -0.2) is 4.79 Å². The van der Waals surface area contributed by atoms with Gasteiger partial charge in [0.15, 0.2) is 0 Å². The van der Waals surface area contributed by atoms with Crippen molar-refractivity contribution in [3.63, 3.8) is 0 Å². The summed E-state index contributed by atoms with van der Waals surface area (Å²) in [5.74, 6) is 1.74. The van der Waals surface area contributed by atoms with E-state index in [9.17, 15) is 9.90 Å². The number of carbonyl (C=O) groups is 1. The van der Waals surface area contributed by atoms with Crippen molar-refractivity contribution in [2.75, 3.05) is 0 Å². The first kappa shape index (κ1) is 10.6. The monoisotopic (exact) mass is 166 g/mol. The third-order valence-corrected chi connectivity index (χ3v) is 1.52. The number of quaternary nitrogens is 1. The summed E-state index contributed by atoms with van der Waals surface area (Å²) in [6.07, 6.45) is 5.26. The zero-order valence-electron chi connectivity index (χ0n) is 7.00. The molecular formula is C9H12NO2+. The molecule has 1 unspecified atom stereocenters. The number of carbonyl (C=O) groups excluding carboxylic acids is 1. The lowest BCUT2D eigenvalue weighted by Gasteiger charge is -2.05. The van der Waals surface area contributed by atoms with Crippen LogP contribution in [0.5, 0.6) is 0 Å². The van der Waals surface area contributed by atoms with E-state index in [1.54, 1.807) is 6.92 Å². The average molecular weight is 166 g/mol. The molecule has 0 aliphatic heterocycles. The number of hydrogen-bond donors (Lipinski definition) is 2. The number of hydrogen-bond acceptors (Lipinski definition) is 2. The molecule has 0 aliphatic rings. The van der Waals surface area contributed by atoms with Gasteiger partial charge in [0, 0.05) is 5.57 Å². The second-order valence-electron chi connectivity index (χ2n) is 2.28. The van der Waals surface area contributed by atoms with Crippen molar-refractivity contribution in [1.29, 1.82) is 0 Å². The molecule has 0 fully saturated rings. The minimum atomic E-state index is -1.08. The third-order valence-electron chi connectivity index (χ3n) is 1.52. The SMILES string of the molecule is C#CC(O)/C(C=C)=C(/C)C([NH3+])=O. The Morgan fingerprint density at radius 2 is 2.33 bits per heavy atom. The van der Waals surface area contributed by atoms with Gasteiger partial charge in [0.05, 0.1) is 5.57 Å². The maximum Gasteiger partial charge on any atom is 0.337 e. The molecule has 0 aromatic heterocycles. The molecule has 0 aromatic carbocycles. The first-order chi connectivity index (χ1) is 5.54. The van der Waals surface area contributed by atoms with E-state index in [-0.39, 0.29) is 5.91 Å². The fourth-order valence-corrected chi connectivity index (χ4v) is 0.721. The van der Waals surface area contributed by atoms with Crippen molar-refractivity contribution < 1.29 is 15.6 Å². The molecule has 3 nitrogen and oxygen atoms in total. The Labute approximate surface area is 71.6 Å². The second-order valence-corrected chi connectivity index (χ2v) is 2.28. The Balaban J connectivity index is 5.02. The lowest BCUT2D eigenvalue weighted by atomic mass is 10.0. The molecule has 64 valence electrons. The van der Waals surface area contributed by atoms with E-state index in [1.807, 2.05) is 0 Å². The van der Waals surface area contributed by atoms with Crippen LogP contribution in [0.3, 0.4) is 0 Å². The molecule has 0 aliphatic carbocycles. The Bertz CT molecular complexity index is 271. The van der Waals surface area contributed by atoms with Crippen LogP contribution in [0.1, 0.15) is 6.92 Å². The van der Waals surface area contributed by atoms with E-state index < -0.39 is 6.10 Å². The molecule has 12 heavy (non-hydrogen) atoms. The molecule has 0 saturated heterocycles. The van der Waals surface area contributed by atoms with Crippen LogP contribution in [0, 0.1) is 12.3 Å². The summed E-state index contributed by atoms with van der Waals surface area (Å²) in [5.41, 5.74) is 3.89. The Hall–Kier alpha value is -1.37. The second kappa shape index (κ2) is 4.50. The van der Waals surface area contributed by atoms with Gasteiger partial charge >= 0.3 is 5.91 Å². The van der Waals surface area contributed by atoms with Crippen LogP contribution in [0.2, 0.25) is 0 Å². The maximum atomic E-state index is 10.8. The fraction of sp³-hybridized carbons (Fsp3) is 0.222. The van der Waals surface area contributed by atoms with Crippen LogP contribution in [-0.2, 0) is 4.79 Å². The van der Waals surface area contributed by atoms with Gasteiger partial charge in [0.1, 0.15) is 6.10 Å². The summed E-state index contributed by atoms with van der Waals surface area (Å²) in [4.78, 5) is 10.8. The van der Waals surface area contributed by atoms with Crippen LogP contribution in [0.25, 0.3) is 0 Å². The summed E-state index contributed by atoms with van der Waals surface area (Å²) >= 11 is 0. The topological polar surface area (TPSA) is 64.9 Å². The largest absolute Gasteiger partial charge is 0.376 e. The first-order valence-electron chi connectivity index (χ1n) is 3.38. The summed E-state index contributed by atoms with van der Waals surface area (Å²) in [6, 6.07) is 0. The van der Waals surface area contributed by atoms with Crippen molar-refractivity contribution in [2.24, 2.45) is 0 Å². The van der Waals surface area contributed by atoms with Crippen LogP contribution in [0.4, 0.5) is 0 Å². The smallest absolute Gasteiger partial charge is 0.337 e. The molecule has 0 rings (SSSR count). The van der Waals surface area contributed by atoms with E-state index in [4.69, 9.17) is 6.42 Å². The number of aliphatic hydroxyl groups excluding tert-OH is 1. The van der Waals surface area contributed by atoms with Gasteiger partial charge in [-0.3, -0.25) is 5.73 Å². The van der Waals surface area contributed by atoms with Gasteiger partial charge in [-0.2, -0.15) is 0 Å². The Morgan fingerprint density at radius 3 is 2.58 bits per heavy atom. The lowest BCUT2D eigenvalue weighted by molar-refractivity contribution is -0.299. The highest BCUT2D eigenvalue weighted by Crippen LogP contribution is 2.08. The first-order valence-corrected chi connectivity index (χ1v) is 3.38. The minimum absolute atomic E-state index is 0.343. The molecule has 0 aromatic rings. The normalized spacial score (nSPS) is 14.2. The van der Waals surface area contributed by atoms with Crippen molar-refractivity contribution in [3.8, 4) is 12.3 Å². The third kappa shape index (κ3) is 2.35. The summed E-state index contributed by atoms with van der Waals surface area (Å²) in [6.45, 7) is 4.99. The van der Waals surface area contributed by atoms with Gasteiger partial charge < -0.3 is 5.11 Å². The van der Waals surface area contributed by atoms with Crippen LogP contribution in [-0.4, -0.2) is 17.1 Å². The van der Waals surface area contributed by atoms with E-state index in [2.05, 4.69) is 18.2 Å². The molecule has 4 N–H and O–H groups in total. The molecule has 3 heteroatoms. The number of terminal acetylenes is 1. The van der Waals surface area contributed by atoms with E-state index in [0.717, 1.165) is 0 Å². The summed E-state index contributed by atoms with van der Waals surface area (Å²) in [7, 11) is 0. The molecular weight excluding hydrogens is 154 g/mol. The Morgan fingerprint density at radius 1 is 1.83 bits per heavy atom. The number of rotatable bonds is 3. The molecule has 0 saturated carbocycles. The average Bonchev–Trinajstić information content (AvgIpc) is 2.05. The maximum absolute atomic E-state index is 10.8. The van der Waals surface area contributed by atoms with E-state index >= 15 is 0 Å². The molecule has 1 amide bonds. The molecule has 1 atom stereocenters. The molecule has 0 bridgehead atoms. The molecule has 0 radical (unpaired) electrons. The van der Waals surface area contributed by atoms with Crippen molar-refractivity contribution in [3.05, 3.63) is 23.8 Å². The highest BCUT2D eigenvalue weighted by atomic mass is 16.3. The van der Waals surface area contributed by atoms with Gasteiger partial charge in [0.25, 0.3) is 0 Å². The molecule has 0 spiro atoms. The predicted octanol–water partition coefficient (Wildman–Crippen LogP) is -0.749. The van der Waals surface area contributed by atoms with Crippen molar-refractivity contribution in [1.82, 2.24) is 0 Å². The van der Waals surface area contributed by atoms with Crippen LogP contribution < -0.4 is 5.73 Å². The van der Waals surface area contributed by atoms with Gasteiger partial charge in [-0.05, 0) is 6.92 Å².